The summed E-state index contributed by atoms with van der Waals surface area (Å²) in [6.45, 7) is 0.118. The van der Waals surface area contributed by atoms with E-state index in [1.807, 2.05) is 54.6 Å². The van der Waals surface area contributed by atoms with Crippen molar-refractivity contribution in [1.29, 1.82) is 0 Å². The molecule has 0 atom stereocenters. The Morgan fingerprint density at radius 1 is 0.920 bits per heavy atom. The first-order chi connectivity index (χ1) is 12.2. The molecule has 0 bridgehead atoms. The third kappa shape index (κ3) is 4.29. The van der Waals surface area contributed by atoms with Crippen molar-refractivity contribution in [1.82, 2.24) is 0 Å². The van der Waals surface area contributed by atoms with E-state index < -0.39 is 4.92 Å². The minimum atomic E-state index is -0.401. The average Bonchev–Trinajstić information content (AvgIpc) is 2.66. The molecule has 0 radical (unpaired) electrons. The summed E-state index contributed by atoms with van der Waals surface area (Å²) < 4.78 is 5.81. The Labute approximate surface area is 145 Å². The second-order valence-corrected chi connectivity index (χ2v) is 5.31. The number of hydrogen-bond donors (Lipinski definition) is 0. The van der Waals surface area contributed by atoms with Crippen LogP contribution in [0.15, 0.2) is 83.9 Å². The second-order valence-electron chi connectivity index (χ2n) is 5.31. The van der Waals surface area contributed by atoms with Crippen LogP contribution in [0.3, 0.4) is 0 Å². The van der Waals surface area contributed by atoms with Crippen molar-refractivity contribution in [2.45, 2.75) is 6.61 Å². The first-order valence-corrected chi connectivity index (χ1v) is 7.77. The van der Waals surface area contributed by atoms with Crippen molar-refractivity contribution in [2.24, 2.45) is 4.99 Å². The summed E-state index contributed by atoms with van der Waals surface area (Å²) >= 11 is 0. The van der Waals surface area contributed by atoms with Crippen molar-refractivity contribution in [3.05, 3.63) is 100 Å². The smallest absolute Gasteiger partial charge is 0.276 e. The Balaban J connectivity index is 1.78. The van der Waals surface area contributed by atoms with E-state index in [0.29, 0.717) is 11.3 Å². The molecular formula is C20H16N2O3. The van der Waals surface area contributed by atoms with Gasteiger partial charge in [-0.1, -0.05) is 42.5 Å². The van der Waals surface area contributed by atoms with Crippen LogP contribution in [0.25, 0.3) is 0 Å². The van der Waals surface area contributed by atoms with Gasteiger partial charge in [0.15, 0.2) is 0 Å². The first kappa shape index (κ1) is 16.4. The quantitative estimate of drug-likeness (QED) is 0.365. The highest BCUT2D eigenvalue weighted by atomic mass is 16.6. The summed E-state index contributed by atoms with van der Waals surface area (Å²) in [5, 5.41) is 11.1. The molecule has 0 fully saturated rings. The standard InChI is InChI=1S/C20H16N2O3/c23-22(24)19-12-6-4-9-17(19)15-25-20-13-7-5-8-16(20)14-21-18-10-2-1-3-11-18/h1-14H,15H2. The Bertz CT molecular complexity index is 892. The molecule has 3 aromatic carbocycles. The van der Waals surface area contributed by atoms with Gasteiger partial charge in [0, 0.05) is 17.8 Å². The molecule has 0 aliphatic heterocycles. The Kier molecular flexibility index (Phi) is 5.16. The van der Waals surface area contributed by atoms with E-state index in [0.717, 1.165) is 11.3 Å². The number of nitro groups is 1. The normalized spacial score (nSPS) is 10.7. The van der Waals surface area contributed by atoms with E-state index in [2.05, 4.69) is 4.99 Å². The van der Waals surface area contributed by atoms with Gasteiger partial charge in [0.1, 0.15) is 12.4 Å². The molecule has 5 nitrogen and oxygen atoms in total. The number of benzene rings is 3. The highest BCUT2D eigenvalue weighted by molar-refractivity contribution is 5.85. The number of rotatable bonds is 6. The number of aliphatic imine (C=N–C) groups is 1. The van der Waals surface area contributed by atoms with Crippen LogP contribution in [0.1, 0.15) is 11.1 Å². The summed E-state index contributed by atoms with van der Waals surface area (Å²) in [5.41, 5.74) is 2.24. The van der Waals surface area contributed by atoms with E-state index in [-0.39, 0.29) is 12.3 Å². The lowest BCUT2D eigenvalue weighted by Crippen LogP contribution is -2.01. The Morgan fingerprint density at radius 3 is 2.40 bits per heavy atom. The molecule has 0 amide bonds. The fourth-order valence-electron chi connectivity index (χ4n) is 2.34. The van der Waals surface area contributed by atoms with Gasteiger partial charge in [-0.2, -0.15) is 0 Å². The molecule has 3 rings (SSSR count). The highest BCUT2D eigenvalue weighted by Gasteiger charge is 2.13. The minimum absolute atomic E-state index is 0.0536. The molecule has 0 aliphatic rings. The summed E-state index contributed by atoms with van der Waals surface area (Å²) in [6, 6.07) is 23.6. The van der Waals surface area contributed by atoms with Crippen molar-refractivity contribution < 1.29 is 9.66 Å². The zero-order valence-corrected chi connectivity index (χ0v) is 13.4. The maximum Gasteiger partial charge on any atom is 0.276 e. The van der Waals surface area contributed by atoms with E-state index in [1.54, 1.807) is 24.4 Å². The van der Waals surface area contributed by atoms with Gasteiger partial charge in [-0.3, -0.25) is 15.1 Å². The predicted octanol–water partition coefficient (Wildman–Crippen LogP) is 4.92. The third-order valence-corrected chi connectivity index (χ3v) is 3.60. The topological polar surface area (TPSA) is 64.7 Å². The molecule has 0 saturated heterocycles. The first-order valence-electron chi connectivity index (χ1n) is 7.77. The average molecular weight is 332 g/mol. The molecule has 3 aromatic rings. The van der Waals surface area contributed by atoms with Gasteiger partial charge in [0.25, 0.3) is 5.69 Å². The van der Waals surface area contributed by atoms with E-state index >= 15 is 0 Å². The maximum absolute atomic E-state index is 11.1. The van der Waals surface area contributed by atoms with Gasteiger partial charge in [-0.25, -0.2) is 0 Å². The van der Waals surface area contributed by atoms with Gasteiger partial charge in [-0.15, -0.1) is 0 Å². The molecule has 0 unspecified atom stereocenters. The van der Waals surface area contributed by atoms with E-state index in [4.69, 9.17) is 4.74 Å². The summed E-state index contributed by atoms with van der Waals surface area (Å²) in [5.74, 6) is 0.625. The Hall–Kier alpha value is -3.47. The lowest BCUT2D eigenvalue weighted by Gasteiger charge is -2.09. The fraction of sp³-hybridized carbons (Fsp3) is 0.0500. The zero-order chi connectivity index (χ0) is 17.5. The molecule has 0 saturated carbocycles. The Morgan fingerprint density at radius 2 is 1.60 bits per heavy atom. The molecular weight excluding hydrogens is 316 g/mol. The molecule has 0 spiro atoms. The second kappa shape index (κ2) is 7.88. The van der Waals surface area contributed by atoms with Gasteiger partial charge in [-0.05, 0) is 30.3 Å². The van der Waals surface area contributed by atoms with Crippen LogP contribution >= 0.6 is 0 Å². The predicted molar refractivity (Wildman–Crippen MR) is 97.6 cm³/mol. The van der Waals surface area contributed by atoms with Crippen LogP contribution in [0.5, 0.6) is 5.75 Å². The van der Waals surface area contributed by atoms with Gasteiger partial charge >= 0.3 is 0 Å². The van der Waals surface area contributed by atoms with Crippen LogP contribution in [-0.4, -0.2) is 11.1 Å². The van der Waals surface area contributed by atoms with Gasteiger partial charge in [0.2, 0.25) is 0 Å². The molecule has 0 N–H and O–H groups in total. The van der Waals surface area contributed by atoms with Crippen LogP contribution < -0.4 is 4.74 Å². The van der Waals surface area contributed by atoms with Crippen molar-refractivity contribution in [3.8, 4) is 5.75 Å². The van der Waals surface area contributed by atoms with Crippen LogP contribution in [-0.2, 0) is 6.61 Å². The summed E-state index contributed by atoms with van der Waals surface area (Å²) in [6.07, 6.45) is 1.73. The van der Waals surface area contributed by atoms with E-state index in [9.17, 15) is 10.1 Å². The van der Waals surface area contributed by atoms with Crippen LogP contribution in [0.2, 0.25) is 0 Å². The number of nitro benzene ring substituents is 1. The molecule has 0 heterocycles. The number of nitrogens with zero attached hydrogens (tertiary/aromatic N) is 2. The van der Waals surface area contributed by atoms with Crippen LogP contribution in [0, 0.1) is 10.1 Å². The number of para-hydroxylation sites is 3. The van der Waals surface area contributed by atoms with Crippen molar-refractivity contribution in [3.63, 3.8) is 0 Å². The fourth-order valence-corrected chi connectivity index (χ4v) is 2.34. The van der Waals surface area contributed by atoms with Crippen LogP contribution in [0.4, 0.5) is 11.4 Å². The summed E-state index contributed by atoms with van der Waals surface area (Å²) in [7, 11) is 0. The molecule has 5 heteroatoms. The number of hydrogen-bond acceptors (Lipinski definition) is 4. The zero-order valence-electron chi connectivity index (χ0n) is 13.4. The molecule has 25 heavy (non-hydrogen) atoms. The largest absolute Gasteiger partial charge is 0.488 e. The summed E-state index contributed by atoms with van der Waals surface area (Å²) in [4.78, 5) is 15.1. The van der Waals surface area contributed by atoms with Gasteiger partial charge < -0.3 is 4.74 Å². The third-order valence-electron chi connectivity index (χ3n) is 3.60. The number of ether oxygens (including phenoxy) is 1. The highest BCUT2D eigenvalue weighted by Crippen LogP contribution is 2.22. The van der Waals surface area contributed by atoms with Crippen molar-refractivity contribution >= 4 is 17.6 Å². The maximum atomic E-state index is 11.1. The SMILES string of the molecule is O=[N+]([O-])c1ccccc1COc1ccccc1C=Nc1ccccc1. The lowest BCUT2D eigenvalue weighted by molar-refractivity contribution is -0.385. The molecule has 0 aliphatic carbocycles. The monoisotopic (exact) mass is 332 g/mol. The lowest BCUT2D eigenvalue weighted by atomic mass is 10.2. The van der Waals surface area contributed by atoms with E-state index in [1.165, 1.54) is 6.07 Å². The van der Waals surface area contributed by atoms with Gasteiger partial charge in [0.05, 0.1) is 16.2 Å². The molecule has 0 aromatic heterocycles. The van der Waals surface area contributed by atoms with Crippen molar-refractivity contribution in [2.75, 3.05) is 0 Å². The molecule has 124 valence electrons. The minimum Gasteiger partial charge on any atom is -0.488 e.